The van der Waals surface area contributed by atoms with E-state index in [4.69, 9.17) is 25.8 Å². The van der Waals surface area contributed by atoms with E-state index >= 15 is 0 Å². The fraction of sp³-hybridized carbons (Fsp3) is 0.222. The van der Waals surface area contributed by atoms with Gasteiger partial charge in [-0.05, 0) is 36.4 Å². The van der Waals surface area contributed by atoms with E-state index in [9.17, 15) is 9.59 Å². The number of rotatable bonds is 8. The summed E-state index contributed by atoms with van der Waals surface area (Å²) in [7, 11) is 3.01. The molecule has 6 nitrogen and oxygen atoms in total. The summed E-state index contributed by atoms with van der Waals surface area (Å²) < 4.78 is 15.3. The summed E-state index contributed by atoms with van der Waals surface area (Å²) in [5, 5.41) is 3.26. The van der Waals surface area contributed by atoms with Gasteiger partial charge in [0.25, 0.3) is 5.91 Å². The van der Waals surface area contributed by atoms with E-state index < -0.39 is 11.9 Å². The predicted molar refractivity (Wildman–Crippen MR) is 101 cm³/mol. The van der Waals surface area contributed by atoms with Gasteiger partial charge in [0, 0.05) is 16.0 Å². The van der Waals surface area contributed by atoms with Gasteiger partial charge in [0.15, 0.2) is 6.61 Å². The number of nitrogens with one attached hydrogen (secondary N) is 1. The summed E-state index contributed by atoms with van der Waals surface area (Å²) >= 11 is 7.11. The van der Waals surface area contributed by atoms with Crippen LogP contribution in [-0.2, 0) is 14.3 Å². The molecule has 0 aliphatic carbocycles. The average Bonchev–Trinajstić information content (AvgIpc) is 2.65. The number of benzene rings is 2. The fourth-order valence-corrected chi connectivity index (χ4v) is 2.78. The van der Waals surface area contributed by atoms with Crippen molar-refractivity contribution in [2.75, 3.05) is 31.9 Å². The topological polar surface area (TPSA) is 73.9 Å². The van der Waals surface area contributed by atoms with Crippen molar-refractivity contribution < 1.29 is 23.8 Å². The summed E-state index contributed by atoms with van der Waals surface area (Å²) in [6.45, 7) is -0.389. The van der Waals surface area contributed by atoms with E-state index in [0.29, 0.717) is 22.2 Å². The molecule has 0 aliphatic rings. The number of hydrogen-bond acceptors (Lipinski definition) is 6. The van der Waals surface area contributed by atoms with Crippen molar-refractivity contribution in [1.29, 1.82) is 0 Å². The molecule has 1 amide bonds. The minimum atomic E-state index is -0.488. The molecule has 0 unspecified atom stereocenters. The monoisotopic (exact) mass is 395 g/mol. The Morgan fingerprint density at radius 3 is 2.46 bits per heavy atom. The summed E-state index contributed by atoms with van der Waals surface area (Å²) in [5.74, 6) is 0.178. The quantitative estimate of drug-likeness (QED) is 0.543. The Bertz CT molecular complexity index is 767. The van der Waals surface area contributed by atoms with Crippen molar-refractivity contribution in [1.82, 2.24) is 0 Å². The molecule has 2 aromatic rings. The van der Waals surface area contributed by atoms with Crippen LogP contribution >= 0.6 is 23.4 Å². The van der Waals surface area contributed by atoms with Crippen molar-refractivity contribution in [3.63, 3.8) is 0 Å². The molecular weight excluding hydrogens is 378 g/mol. The van der Waals surface area contributed by atoms with Gasteiger partial charge in [-0.1, -0.05) is 11.6 Å². The number of esters is 1. The summed E-state index contributed by atoms with van der Waals surface area (Å²) in [6, 6.07) is 12.1. The average molecular weight is 396 g/mol. The Hall–Kier alpha value is -2.38. The van der Waals surface area contributed by atoms with Crippen LogP contribution in [0.15, 0.2) is 47.4 Å². The van der Waals surface area contributed by atoms with Gasteiger partial charge in [-0.2, -0.15) is 0 Å². The minimum Gasteiger partial charge on any atom is -0.497 e. The van der Waals surface area contributed by atoms with Crippen molar-refractivity contribution in [2.45, 2.75) is 4.90 Å². The van der Waals surface area contributed by atoms with E-state index in [0.717, 1.165) is 4.90 Å². The van der Waals surface area contributed by atoms with Gasteiger partial charge < -0.3 is 19.5 Å². The van der Waals surface area contributed by atoms with Crippen molar-refractivity contribution in [2.24, 2.45) is 0 Å². The molecular formula is C18H18ClNO5S. The number of ether oxygens (including phenoxy) is 3. The lowest BCUT2D eigenvalue weighted by molar-refractivity contribution is -0.144. The molecule has 0 saturated carbocycles. The molecule has 2 aromatic carbocycles. The number of halogens is 1. The van der Waals surface area contributed by atoms with Crippen molar-refractivity contribution >= 4 is 40.9 Å². The molecule has 1 N–H and O–H groups in total. The Morgan fingerprint density at radius 2 is 1.81 bits per heavy atom. The lowest BCUT2D eigenvalue weighted by atomic mass is 10.2. The van der Waals surface area contributed by atoms with E-state index in [1.54, 1.807) is 30.3 Å². The molecule has 0 heterocycles. The molecule has 0 fully saturated rings. The van der Waals surface area contributed by atoms with Crippen LogP contribution in [0.2, 0.25) is 5.02 Å². The third-order valence-electron chi connectivity index (χ3n) is 3.22. The van der Waals surface area contributed by atoms with Crippen LogP contribution in [0.5, 0.6) is 11.5 Å². The Morgan fingerprint density at radius 1 is 1.08 bits per heavy atom. The largest absolute Gasteiger partial charge is 0.497 e. The first-order chi connectivity index (χ1) is 12.5. The highest BCUT2D eigenvalue weighted by Crippen LogP contribution is 2.28. The summed E-state index contributed by atoms with van der Waals surface area (Å²) in [5.41, 5.74) is 0.434. The molecule has 138 valence electrons. The third kappa shape index (κ3) is 6.16. The second-order valence-corrected chi connectivity index (χ2v) is 6.50. The molecule has 0 radical (unpaired) electrons. The van der Waals surface area contributed by atoms with E-state index in [1.165, 1.54) is 26.0 Å². The summed E-state index contributed by atoms with van der Waals surface area (Å²) in [6.07, 6.45) is 0. The first kappa shape index (κ1) is 19.9. The number of carbonyl (C=O) groups excluding carboxylic acids is 2. The number of amides is 1. The van der Waals surface area contributed by atoms with E-state index in [2.05, 4.69) is 5.32 Å². The second kappa shape index (κ2) is 9.94. The van der Waals surface area contributed by atoms with Crippen LogP contribution in [0.4, 0.5) is 5.69 Å². The van der Waals surface area contributed by atoms with Gasteiger partial charge in [0.05, 0.1) is 25.7 Å². The number of anilines is 1. The molecule has 0 atom stereocenters. The third-order valence-corrected chi connectivity index (χ3v) is 4.45. The SMILES string of the molecule is COc1ccc(OC)c(NC(=O)COC(=O)CSc2ccc(Cl)cc2)c1. The van der Waals surface area contributed by atoms with Gasteiger partial charge in [-0.3, -0.25) is 9.59 Å². The number of carbonyl (C=O) groups is 2. The van der Waals surface area contributed by atoms with Crippen molar-refractivity contribution in [3.8, 4) is 11.5 Å². The van der Waals surface area contributed by atoms with E-state index in [1.807, 2.05) is 12.1 Å². The van der Waals surface area contributed by atoms with Crippen LogP contribution < -0.4 is 14.8 Å². The molecule has 0 spiro atoms. The van der Waals surface area contributed by atoms with Crippen LogP contribution in [0.25, 0.3) is 0 Å². The van der Waals surface area contributed by atoms with E-state index in [-0.39, 0.29) is 12.4 Å². The first-order valence-electron chi connectivity index (χ1n) is 7.57. The Labute approximate surface area is 160 Å². The van der Waals surface area contributed by atoms with Crippen LogP contribution in [0.3, 0.4) is 0 Å². The smallest absolute Gasteiger partial charge is 0.316 e. The zero-order chi connectivity index (χ0) is 18.9. The zero-order valence-corrected chi connectivity index (χ0v) is 15.9. The number of thioether (sulfide) groups is 1. The maximum Gasteiger partial charge on any atom is 0.316 e. The maximum absolute atomic E-state index is 12.0. The van der Waals surface area contributed by atoms with Gasteiger partial charge >= 0.3 is 5.97 Å². The molecule has 0 aliphatic heterocycles. The lowest BCUT2D eigenvalue weighted by Gasteiger charge is -2.12. The molecule has 0 aromatic heterocycles. The normalized spacial score (nSPS) is 10.1. The standard InChI is InChI=1S/C18H18ClNO5S/c1-23-13-5-8-16(24-2)15(9-13)20-17(21)10-25-18(22)11-26-14-6-3-12(19)4-7-14/h3-9H,10-11H2,1-2H3,(H,20,21). The van der Waals surface area contributed by atoms with Crippen LogP contribution in [0, 0.1) is 0 Å². The first-order valence-corrected chi connectivity index (χ1v) is 8.94. The lowest BCUT2D eigenvalue weighted by Crippen LogP contribution is -2.22. The molecule has 8 heteroatoms. The Kier molecular flexibility index (Phi) is 7.62. The minimum absolute atomic E-state index is 0.0946. The van der Waals surface area contributed by atoms with Gasteiger partial charge in [0.2, 0.25) is 0 Å². The fourth-order valence-electron chi connectivity index (χ4n) is 1.96. The van der Waals surface area contributed by atoms with Crippen molar-refractivity contribution in [3.05, 3.63) is 47.5 Å². The van der Waals surface area contributed by atoms with Gasteiger partial charge in [-0.25, -0.2) is 0 Å². The Balaban J connectivity index is 1.81. The maximum atomic E-state index is 12.0. The van der Waals surface area contributed by atoms with Gasteiger partial charge in [0.1, 0.15) is 11.5 Å². The van der Waals surface area contributed by atoms with Gasteiger partial charge in [-0.15, -0.1) is 11.8 Å². The highest BCUT2D eigenvalue weighted by atomic mass is 35.5. The molecule has 0 saturated heterocycles. The molecule has 2 rings (SSSR count). The number of methoxy groups -OCH3 is 2. The predicted octanol–water partition coefficient (Wildman–Crippen LogP) is 3.63. The summed E-state index contributed by atoms with van der Waals surface area (Å²) in [4.78, 5) is 24.6. The molecule has 0 bridgehead atoms. The second-order valence-electron chi connectivity index (χ2n) is 5.02. The number of hydrogen-bond donors (Lipinski definition) is 1. The van der Waals surface area contributed by atoms with Crippen LogP contribution in [0.1, 0.15) is 0 Å². The highest BCUT2D eigenvalue weighted by molar-refractivity contribution is 8.00. The molecule has 26 heavy (non-hydrogen) atoms. The zero-order valence-electron chi connectivity index (χ0n) is 14.3. The van der Waals surface area contributed by atoms with Crippen LogP contribution in [-0.4, -0.2) is 38.5 Å². The highest BCUT2D eigenvalue weighted by Gasteiger charge is 2.12.